The fourth-order valence-electron chi connectivity index (χ4n) is 1.37. The SMILES string of the molecule is CC1=NC(=O)c2cccc(O)c21. The van der Waals surface area contributed by atoms with E-state index in [0.717, 1.165) is 0 Å². The first-order valence-electron chi connectivity index (χ1n) is 3.62. The van der Waals surface area contributed by atoms with Crippen molar-refractivity contribution in [1.82, 2.24) is 0 Å². The zero-order valence-corrected chi connectivity index (χ0v) is 6.53. The lowest BCUT2D eigenvalue weighted by Gasteiger charge is -1.99. The monoisotopic (exact) mass is 161 g/mol. The summed E-state index contributed by atoms with van der Waals surface area (Å²) < 4.78 is 0. The van der Waals surface area contributed by atoms with Gasteiger partial charge >= 0.3 is 0 Å². The van der Waals surface area contributed by atoms with Crippen LogP contribution >= 0.6 is 0 Å². The highest BCUT2D eigenvalue weighted by Crippen LogP contribution is 2.26. The maximum Gasteiger partial charge on any atom is 0.278 e. The summed E-state index contributed by atoms with van der Waals surface area (Å²) in [4.78, 5) is 14.9. The zero-order valence-electron chi connectivity index (χ0n) is 6.53. The van der Waals surface area contributed by atoms with Crippen LogP contribution in [0.2, 0.25) is 0 Å². The number of benzene rings is 1. The lowest BCUT2D eigenvalue weighted by atomic mass is 10.1. The second-order valence-electron chi connectivity index (χ2n) is 2.70. The van der Waals surface area contributed by atoms with Crippen LogP contribution in [0.1, 0.15) is 22.8 Å². The first-order chi connectivity index (χ1) is 5.70. The summed E-state index contributed by atoms with van der Waals surface area (Å²) in [5.41, 5.74) is 1.66. The molecule has 0 unspecified atom stereocenters. The van der Waals surface area contributed by atoms with Crippen molar-refractivity contribution in [2.45, 2.75) is 6.92 Å². The molecule has 3 nitrogen and oxygen atoms in total. The van der Waals surface area contributed by atoms with E-state index >= 15 is 0 Å². The summed E-state index contributed by atoms with van der Waals surface area (Å²) in [6.45, 7) is 1.71. The van der Waals surface area contributed by atoms with Gasteiger partial charge in [0.15, 0.2) is 0 Å². The highest BCUT2D eigenvalue weighted by Gasteiger charge is 2.22. The second-order valence-corrected chi connectivity index (χ2v) is 2.70. The number of fused-ring (bicyclic) bond motifs is 1. The van der Waals surface area contributed by atoms with E-state index in [1.54, 1.807) is 25.1 Å². The van der Waals surface area contributed by atoms with Crippen molar-refractivity contribution in [2.75, 3.05) is 0 Å². The molecule has 60 valence electrons. The van der Waals surface area contributed by atoms with Crippen LogP contribution in [0.4, 0.5) is 0 Å². The molecule has 0 aliphatic carbocycles. The van der Waals surface area contributed by atoms with Gasteiger partial charge in [-0.3, -0.25) is 4.79 Å². The van der Waals surface area contributed by atoms with Gasteiger partial charge in [-0.2, -0.15) is 0 Å². The van der Waals surface area contributed by atoms with Crippen LogP contribution in [0.5, 0.6) is 5.75 Å². The third kappa shape index (κ3) is 0.763. The standard InChI is InChI=1S/C9H7NO2/c1-5-8-6(9(12)10-5)3-2-4-7(8)11/h2-4,11H,1H3. The molecule has 0 aromatic heterocycles. The largest absolute Gasteiger partial charge is 0.507 e. The Bertz CT molecular complexity index is 394. The highest BCUT2D eigenvalue weighted by molar-refractivity contribution is 6.21. The van der Waals surface area contributed by atoms with Crippen LogP contribution in [-0.2, 0) is 0 Å². The van der Waals surface area contributed by atoms with Gasteiger partial charge < -0.3 is 5.11 Å². The number of phenolic OH excluding ortho intramolecular Hbond substituents is 1. The molecule has 1 amide bonds. The van der Waals surface area contributed by atoms with Crippen molar-refractivity contribution < 1.29 is 9.90 Å². The molecule has 1 aliphatic rings. The number of phenols is 1. The van der Waals surface area contributed by atoms with Crippen LogP contribution in [0.25, 0.3) is 0 Å². The number of hydrogen-bond donors (Lipinski definition) is 1. The van der Waals surface area contributed by atoms with Crippen molar-refractivity contribution in [1.29, 1.82) is 0 Å². The van der Waals surface area contributed by atoms with E-state index in [2.05, 4.69) is 4.99 Å². The van der Waals surface area contributed by atoms with Gasteiger partial charge in [-0.15, -0.1) is 0 Å². The second kappa shape index (κ2) is 2.17. The van der Waals surface area contributed by atoms with Crippen LogP contribution in [-0.4, -0.2) is 16.7 Å². The first-order valence-corrected chi connectivity index (χ1v) is 3.62. The van der Waals surface area contributed by atoms with E-state index < -0.39 is 0 Å². The summed E-state index contributed by atoms with van der Waals surface area (Å²) >= 11 is 0. The zero-order chi connectivity index (χ0) is 8.72. The van der Waals surface area contributed by atoms with Gasteiger partial charge in [0, 0.05) is 0 Å². The number of aromatic hydroxyl groups is 1. The van der Waals surface area contributed by atoms with Crippen molar-refractivity contribution >= 4 is 11.6 Å². The molecule has 0 fully saturated rings. The molecule has 0 saturated heterocycles. The number of hydrogen-bond acceptors (Lipinski definition) is 2. The maximum atomic E-state index is 11.1. The number of amides is 1. The summed E-state index contributed by atoms with van der Waals surface area (Å²) in [5.74, 6) is -0.141. The van der Waals surface area contributed by atoms with Gasteiger partial charge in [0.25, 0.3) is 5.91 Å². The minimum absolute atomic E-state index is 0.125. The van der Waals surface area contributed by atoms with E-state index in [4.69, 9.17) is 0 Å². The van der Waals surface area contributed by atoms with E-state index in [-0.39, 0.29) is 11.7 Å². The smallest absolute Gasteiger partial charge is 0.278 e. The minimum Gasteiger partial charge on any atom is -0.507 e. The fourth-order valence-corrected chi connectivity index (χ4v) is 1.37. The van der Waals surface area contributed by atoms with Gasteiger partial charge in [0.1, 0.15) is 5.75 Å². The third-order valence-electron chi connectivity index (χ3n) is 1.90. The molecular weight excluding hydrogens is 154 g/mol. The maximum absolute atomic E-state index is 11.1. The number of aliphatic imine (C=N–C) groups is 1. The lowest BCUT2D eigenvalue weighted by molar-refractivity contribution is 0.101. The average Bonchev–Trinajstić information content (AvgIpc) is 2.29. The molecule has 1 aliphatic heterocycles. The molecule has 0 saturated carbocycles. The van der Waals surface area contributed by atoms with E-state index in [1.807, 2.05) is 0 Å². The van der Waals surface area contributed by atoms with Crippen molar-refractivity contribution in [3.8, 4) is 5.75 Å². The summed E-state index contributed by atoms with van der Waals surface area (Å²) in [6.07, 6.45) is 0. The van der Waals surface area contributed by atoms with Crippen LogP contribution in [0.15, 0.2) is 23.2 Å². The van der Waals surface area contributed by atoms with Gasteiger partial charge in [0.2, 0.25) is 0 Å². The highest BCUT2D eigenvalue weighted by atomic mass is 16.3. The average molecular weight is 161 g/mol. The first kappa shape index (κ1) is 7.03. The van der Waals surface area contributed by atoms with E-state index in [1.165, 1.54) is 0 Å². The fraction of sp³-hybridized carbons (Fsp3) is 0.111. The molecule has 0 bridgehead atoms. The summed E-state index contributed by atoms with van der Waals surface area (Å²) in [6, 6.07) is 4.86. The van der Waals surface area contributed by atoms with E-state index in [0.29, 0.717) is 16.8 Å². The minimum atomic E-state index is -0.265. The normalized spacial score (nSPS) is 14.4. The number of rotatable bonds is 0. The van der Waals surface area contributed by atoms with Crippen LogP contribution in [0.3, 0.4) is 0 Å². The van der Waals surface area contributed by atoms with Crippen molar-refractivity contribution in [3.05, 3.63) is 29.3 Å². The molecule has 1 heterocycles. The predicted octanol–water partition coefficient (Wildman–Crippen LogP) is 1.35. The molecule has 0 radical (unpaired) electrons. The van der Waals surface area contributed by atoms with Gasteiger partial charge in [-0.05, 0) is 19.1 Å². The lowest BCUT2D eigenvalue weighted by Crippen LogP contribution is -1.93. The Morgan fingerprint density at radius 3 is 2.83 bits per heavy atom. The molecule has 0 spiro atoms. The Kier molecular flexibility index (Phi) is 1.27. The van der Waals surface area contributed by atoms with Gasteiger partial charge in [-0.25, -0.2) is 4.99 Å². The Labute approximate surface area is 69.4 Å². The third-order valence-corrected chi connectivity index (χ3v) is 1.90. The van der Waals surface area contributed by atoms with E-state index in [9.17, 15) is 9.90 Å². The number of carbonyl (C=O) groups is 1. The number of nitrogens with zero attached hydrogens (tertiary/aromatic N) is 1. The molecule has 1 N–H and O–H groups in total. The Morgan fingerprint density at radius 1 is 1.42 bits per heavy atom. The van der Waals surface area contributed by atoms with Gasteiger partial charge in [0.05, 0.1) is 16.8 Å². The molecule has 1 aromatic carbocycles. The van der Waals surface area contributed by atoms with Crippen molar-refractivity contribution in [3.63, 3.8) is 0 Å². The molecular formula is C9H7NO2. The molecule has 3 heteroatoms. The predicted molar refractivity (Wildman–Crippen MR) is 44.6 cm³/mol. The summed E-state index contributed by atoms with van der Waals surface area (Å²) in [5, 5.41) is 9.39. The Balaban J connectivity index is 2.77. The molecule has 0 atom stereocenters. The molecule has 2 rings (SSSR count). The molecule has 1 aromatic rings. The summed E-state index contributed by atoms with van der Waals surface area (Å²) in [7, 11) is 0. The van der Waals surface area contributed by atoms with Gasteiger partial charge in [-0.1, -0.05) is 6.07 Å². The molecule has 12 heavy (non-hydrogen) atoms. The number of carbonyl (C=O) groups excluding carboxylic acids is 1. The topological polar surface area (TPSA) is 49.7 Å². The Morgan fingerprint density at radius 2 is 2.17 bits per heavy atom. The van der Waals surface area contributed by atoms with Crippen LogP contribution in [0, 0.1) is 0 Å². The Hall–Kier alpha value is -1.64. The van der Waals surface area contributed by atoms with Crippen LogP contribution < -0.4 is 0 Å². The quantitative estimate of drug-likeness (QED) is 0.624. The van der Waals surface area contributed by atoms with Crippen molar-refractivity contribution in [2.24, 2.45) is 4.99 Å².